The number of amides is 1. The number of halogens is 2. The number of hydrogen-bond donors (Lipinski definition) is 1. The third-order valence-corrected chi connectivity index (χ3v) is 7.93. The molecule has 0 atom stereocenters. The van der Waals surface area contributed by atoms with Crippen LogP contribution in [-0.4, -0.2) is 64.3 Å². The van der Waals surface area contributed by atoms with Crippen molar-refractivity contribution >= 4 is 66.8 Å². The Hall–Kier alpha value is -2.13. The van der Waals surface area contributed by atoms with Crippen molar-refractivity contribution in [2.45, 2.75) is 6.42 Å². The number of thioether (sulfide) groups is 1. The van der Waals surface area contributed by atoms with Gasteiger partial charge in [-0.25, -0.2) is 0 Å². The number of H-pyrrole nitrogens is 1. The van der Waals surface area contributed by atoms with E-state index < -0.39 is 0 Å². The molecule has 1 fully saturated rings. The van der Waals surface area contributed by atoms with Gasteiger partial charge in [-0.2, -0.15) is 10.1 Å². The number of likely N-dealkylation sites (N-methyl/N-ethyl adjacent to an activating group) is 1. The Morgan fingerprint density at radius 3 is 2.78 bits per heavy atom. The molecule has 2 aliphatic rings. The van der Waals surface area contributed by atoms with Crippen molar-refractivity contribution in [1.82, 2.24) is 20.0 Å². The zero-order valence-corrected chi connectivity index (χ0v) is 20.6. The molecule has 1 aromatic heterocycles. The van der Waals surface area contributed by atoms with Gasteiger partial charge in [-0.15, -0.1) is 0 Å². The maximum atomic E-state index is 13.1. The predicted molar refractivity (Wildman–Crippen MR) is 135 cm³/mol. The highest BCUT2D eigenvalue weighted by atomic mass is 79.9. The lowest BCUT2D eigenvalue weighted by Gasteiger charge is -2.33. The molecule has 3 aromatic rings. The molecule has 164 valence electrons. The molecule has 2 aromatic carbocycles. The SMILES string of the molecule is CN1CCN(C2=NC(=O)C(=C(Cc3ccc(Cl)cc3Br)c3ccc4[nH]ncc4c3)S2)CC1. The van der Waals surface area contributed by atoms with Crippen molar-refractivity contribution in [3.63, 3.8) is 0 Å². The Labute approximate surface area is 203 Å². The molecule has 9 heteroatoms. The number of aromatic amines is 1. The summed E-state index contributed by atoms with van der Waals surface area (Å²) < 4.78 is 0.920. The zero-order chi connectivity index (χ0) is 22.2. The summed E-state index contributed by atoms with van der Waals surface area (Å²) >= 11 is 11.3. The maximum Gasteiger partial charge on any atom is 0.286 e. The van der Waals surface area contributed by atoms with Gasteiger partial charge in [0.25, 0.3) is 5.91 Å². The van der Waals surface area contributed by atoms with Gasteiger partial charge in [0.15, 0.2) is 5.17 Å². The van der Waals surface area contributed by atoms with Crippen molar-refractivity contribution in [3.8, 4) is 0 Å². The summed E-state index contributed by atoms with van der Waals surface area (Å²) in [4.78, 5) is 22.7. The van der Waals surface area contributed by atoms with E-state index in [1.807, 2.05) is 30.3 Å². The molecule has 0 radical (unpaired) electrons. The molecule has 0 aliphatic carbocycles. The van der Waals surface area contributed by atoms with Gasteiger partial charge in [-0.3, -0.25) is 9.89 Å². The fourth-order valence-corrected chi connectivity index (χ4v) is 5.81. The van der Waals surface area contributed by atoms with Crippen LogP contribution in [0.1, 0.15) is 11.1 Å². The van der Waals surface area contributed by atoms with E-state index in [1.54, 1.807) is 6.20 Å². The Bertz CT molecular complexity index is 1260. The molecule has 2 aliphatic heterocycles. The van der Waals surface area contributed by atoms with Crippen LogP contribution >= 0.6 is 39.3 Å². The highest BCUT2D eigenvalue weighted by Gasteiger charge is 2.31. The fraction of sp³-hybridized carbons (Fsp3) is 0.261. The Morgan fingerprint density at radius 1 is 1.19 bits per heavy atom. The minimum Gasteiger partial charge on any atom is -0.348 e. The third kappa shape index (κ3) is 4.37. The van der Waals surface area contributed by atoms with E-state index in [0.29, 0.717) is 16.3 Å². The van der Waals surface area contributed by atoms with Crippen LogP contribution in [0.25, 0.3) is 16.5 Å². The molecule has 6 nitrogen and oxygen atoms in total. The number of aromatic nitrogens is 2. The van der Waals surface area contributed by atoms with Gasteiger partial charge < -0.3 is 9.80 Å². The van der Waals surface area contributed by atoms with Crippen LogP contribution in [-0.2, 0) is 11.2 Å². The van der Waals surface area contributed by atoms with Crippen LogP contribution in [0.5, 0.6) is 0 Å². The van der Waals surface area contributed by atoms with E-state index in [2.05, 4.69) is 54.0 Å². The monoisotopic (exact) mass is 529 g/mol. The third-order valence-electron chi connectivity index (χ3n) is 5.80. The number of fused-ring (bicyclic) bond motifs is 1. The number of allylic oxidation sites excluding steroid dienone is 1. The summed E-state index contributed by atoms with van der Waals surface area (Å²) in [5.41, 5.74) is 3.97. The maximum absolute atomic E-state index is 13.1. The minimum absolute atomic E-state index is 0.170. The molecule has 32 heavy (non-hydrogen) atoms. The lowest BCUT2D eigenvalue weighted by molar-refractivity contribution is -0.113. The van der Waals surface area contributed by atoms with Gasteiger partial charge >= 0.3 is 0 Å². The highest BCUT2D eigenvalue weighted by Crippen LogP contribution is 2.38. The number of carbonyl (C=O) groups is 1. The molecule has 1 amide bonds. The molecule has 0 spiro atoms. The van der Waals surface area contributed by atoms with Crippen molar-refractivity contribution in [2.75, 3.05) is 33.2 Å². The summed E-state index contributed by atoms with van der Waals surface area (Å²) in [7, 11) is 2.12. The molecule has 3 heterocycles. The van der Waals surface area contributed by atoms with Gasteiger partial charge in [0, 0.05) is 47.5 Å². The first-order valence-electron chi connectivity index (χ1n) is 10.3. The van der Waals surface area contributed by atoms with Gasteiger partial charge in [0.1, 0.15) is 0 Å². The summed E-state index contributed by atoms with van der Waals surface area (Å²) in [6.07, 6.45) is 2.38. The van der Waals surface area contributed by atoms with Crippen LogP contribution < -0.4 is 0 Å². The van der Waals surface area contributed by atoms with Crippen LogP contribution in [0.3, 0.4) is 0 Å². The van der Waals surface area contributed by atoms with E-state index in [4.69, 9.17) is 11.6 Å². The number of benzene rings is 2. The topological polar surface area (TPSA) is 64.6 Å². The van der Waals surface area contributed by atoms with Crippen molar-refractivity contribution in [1.29, 1.82) is 0 Å². The van der Waals surface area contributed by atoms with Crippen LogP contribution in [0.15, 0.2) is 57.0 Å². The number of rotatable bonds is 3. The first kappa shape index (κ1) is 21.7. The molecule has 0 bridgehead atoms. The first-order chi connectivity index (χ1) is 15.5. The quantitative estimate of drug-likeness (QED) is 0.493. The van der Waals surface area contributed by atoms with E-state index >= 15 is 0 Å². The Morgan fingerprint density at radius 2 is 2.00 bits per heavy atom. The lowest BCUT2D eigenvalue weighted by atomic mass is 9.96. The van der Waals surface area contributed by atoms with E-state index in [1.165, 1.54) is 11.8 Å². The second-order valence-corrected chi connectivity index (χ2v) is 10.3. The normalized spacial score (nSPS) is 19.0. The van der Waals surface area contributed by atoms with Crippen LogP contribution in [0.4, 0.5) is 0 Å². The van der Waals surface area contributed by atoms with Crippen molar-refractivity contribution < 1.29 is 4.79 Å². The Balaban J connectivity index is 1.54. The van der Waals surface area contributed by atoms with Crippen molar-refractivity contribution in [3.05, 3.63) is 68.1 Å². The second-order valence-electron chi connectivity index (χ2n) is 7.98. The number of hydrogen-bond acceptors (Lipinski definition) is 5. The van der Waals surface area contributed by atoms with Gasteiger partial charge in [0.2, 0.25) is 0 Å². The minimum atomic E-state index is -0.170. The van der Waals surface area contributed by atoms with Crippen molar-refractivity contribution in [2.24, 2.45) is 4.99 Å². The average Bonchev–Trinajstić information content (AvgIpc) is 3.40. The molecule has 0 unspecified atom stereocenters. The predicted octanol–water partition coefficient (Wildman–Crippen LogP) is 4.81. The lowest BCUT2D eigenvalue weighted by Crippen LogP contribution is -2.46. The smallest absolute Gasteiger partial charge is 0.286 e. The summed E-state index contributed by atoms with van der Waals surface area (Å²) in [5.74, 6) is -0.170. The number of carbonyl (C=O) groups excluding carboxylic acids is 1. The molecule has 1 N–H and O–H groups in total. The summed E-state index contributed by atoms with van der Waals surface area (Å²) in [5, 5.41) is 9.60. The molecule has 1 saturated heterocycles. The Kier molecular flexibility index (Phi) is 6.11. The van der Waals surface area contributed by atoms with Crippen LogP contribution in [0.2, 0.25) is 5.02 Å². The molecule has 5 rings (SSSR count). The highest BCUT2D eigenvalue weighted by molar-refractivity contribution is 9.10. The number of nitrogens with one attached hydrogen (secondary N) is 1. The van der Waals surface area contributed by atoms with E-state index in [-0.39, 0.29) is 5.91 Å². The summed E-state index contributed by atoms with van der Waals surface area (Å²) in [6.45, 7) is 3.69. The standard InChI is InChI=1S/C23H21BrClN5OS/c1-29-6-8-30(9-7-29)23-27-22(31)21(32-23)18(11-15-2-4-17(25)12-19(15)24)14-3-5-20-16(10-14)13-26-28-20/h2-5,10,12-13H,6-9,11H2,1H3,(H,26,28). The van der Waals surface area contributed by atoms with E-state index in [9.17, 15) is 4.79 Å². The number of amidine groups is 1. The molecular formula is C23H21BrClN5OS. The van der Waals surface area contributed by atoms with Gasteiger partial charge in [-0.1, -0.05) is 39.7 Å². The first-order valence-corrected chi connectivity index (χ1v) is 12.3. The molecular weight excluding hydrogens is 510 g/mol. The van der Waals surface area contributed by atoms with E-state index in [0.717, 1.165) is 63.4 Å². The summed E-state index contributed by atoms with van der Waals surface area (Å²) in [6, 6.07) is 11.9. The average molecular weight is 531 g/mol. The fourth-order valence-electron chi connectivity index (χ4n) is 3.92. The van der Waals surface area contributed by atoms with Crippen LogP contribution in [0, 0.1) is 0 Å². The number of nitrogens with zero attached hydrogens (tertiary/aromatic N) is 4. The molecule has 0 saturated carbocycles. The number of piperazine rings is 1. The van der Waals surface area contributed by atoms with Gasteiger partial charge in [-0.05, 0) is 59.8 Å². The largest absolute Gasteiger partial charge is 0.348 e. The number of aliphatic imine (C=N–C) groups is 1. The zero-order valence-electron chi connectivity index (χ0n) is 17.4. The second kappa shape index (κ2) is 9.02. The van der Waals surface area contributed by atoms with Gasteiger partial charge in [0.05, 0.1) is 16.6 Å².